The van der Waals surface area contributed by atoms with Crippen molar-refractivity contribution >= 4 is 11.7 Å². The van der Waals surface area contributed by atoms with E-state index in [1.54, 1.807) is 18.3 Å². The molecule has 1 atom stereocenters. The quantitative estimate of drug-likeness (QED) is 0.825. The second-order valence-corrected chi connectivity index (χ2v) is 5.43. The Kier molecular flexibility index (Phi) is 5.74. The minimum atomic E-state index is -0.153. The first-order chi connectivity index (χ1) is 10.6. The van der Waals surface area contributed by atoms with Crippen LogP contribution in [0.15, 0.2) is 11.5 Å². The van der Waals surface area contributed by atoms with Gasteiger partial charge in [0.2, 0.25) is 0 Å². The summed E-state index contributed by atoms with van der Waals surface area (Å²) in [5.74, 6) is 0.785. The molecule has 1 aromatic rings. The molecule has 0 fully saturated rings. The van der Waals surface area contributed by atoms with Gasteiger partial charge >= 0.3 is 6.03 Å². The van der Waals surface area contributed by atoms with Crippen molar-refractivity contribution in [2.75, 3.05) is 13.6 Å². The van der Waals surface area contributed by atoms with Crippen molar-refractivity contribution in [1.29, 1.82) is 0 Å². The van der Waals surface area contributed by atoms with Crippen LogP contribution >= 0.6 is 0 Å². The van der Waals surface area contributed by atoms with Gasteiger partial charge in [-0.2, -0.15) is 0 Å². The summed E-state index contributed by atoms with van der Waals surface area (Å²) in [4.78, 5) is 19.0. The fraction of sp³-hybridized carbons (Fsp3) is 0.714. The Hall–Kier alpha value is -2.12. The molecule has 1 aromatic heterocycles. The van der Waals surface area contributed by atoms with E-state index in [4.69, 9.17) is 4.84 Å². The van der Waals surface area contributed by atoms with Gasteiger partial charge in [0.15, 0.2) is 5.82 Å². The van der Waals surface area contributed by atoms with Gasteiger partial charge in [-0.15, -0.1) is 10.2 Å². The van der Waals surface area contributed by atoms with Crippen LogP contribution in [-0.4, -0.2) is 51.1 Å². The molecule has 22 heavy (non-hydrogen) atoms. The highest BCUT2D eigenvalue weighted by atomic mass is 16.6. The van der Waals surface area contributed by atoms with Crippen molar-refractivity contribution < 1.29 is 9.63 Å². The van der Waals surface area contributed by atoms with E-state index in [0.29, 0.717) is 13.1 Å². The van der Waals surface area contributed by atoms with Gasteiger partial charge in [-0.3, -0.25) is 0 Å². The molecule has 2 heterocycles. The van der Waals surface area contributed by atoms with Crippen LogP contribution < -0.4 is 5.32 Å². The maximum absolute atomic E-state index is 12.1. The number of aryl methyl sites for hydroxylation is 1. The van der Waals surface area contributed by atoms with E-state index in [0.717, 1.165) is 37.3 Å². The molecule has 8 nitrogen and oxygen atoms in total. The summed E-state index contributed by atoms with van der Waals surface area (Å²) in [6.45, 7) is 5.87. The second kappa shape index (κ2) is 7.77. The van der Waals surface area contributed by atoms with Crippen molar-refractivity contribution in [1.82, 2.24) is 25.0 Å². The van der Waals surface area contributed by atoms with Crippen LogP contribution in [0.5, 0.6) is 0 Å². The lowest BCUT2D eigenvalue weighted by atomic mass is 10.1. The highest BCUT2D eigenvalue weighted by Crippen LogP contribution is 2.11. The first-order valence-corrected chi connectivity index (χ1v) is 7.71. The zero-order chi connectivity index (χ0) is 15.9. The summed E-state index contributed by atoms with van der Waals surface area (Å²) in [5, 5.41) is 14.8. The van der Waals surface area contributed by atoms with Crippen LogP contribution in [0.4, 0.5) is 4.79 Å². The fourth-order valence-corrected chi connectivity index (χ4v) is 2.25. The Morgan fingerprint density at radius 3 is 3.05 bits per heavy atom. The van der Waals surface area contributed by atoms with Gasteiger partial charge in [-0.05, 0) is 12.8 Å². The largest absolute Gasteiger partial charge is 0.390 e. The molecule has 0 aromatic carbocycles. The molecule has 0 bridgehead atoms. The molecule has 0 saturated carbocycles. The van der Waals surface area contributed by atoms with Crippen molar-refractivity contribution in [2.45, 2.75) is 52.3 Å². The summed E-state index contributed by atoms with van der Waals surface area (Å²) in [6.07, 6.45) is 4.30. The Morgan fingerprint density at radius 1 is 1.55 bits per heavy atom. The van der Waals surface area contributed by atoms with Gasteiger partial charge in [-0.1, -0.05) is 19.0 Å². The maximum atomic E-state index is 12.1. The third kappa shape index (κ3) is 4.19. The molecule has 0 unspecified atom stereocenters. The van der Waals surface area contributed by atoms with Gasteiger partial charge in [0.25, 0.3) is 0 Å². The molecule has 0 saturated heterocycles. The number of nitrogens with zero attached hydrogens (tertiary/aromatic N) is 5. The average Bonchev–Trinajstić information content (AvgIpc) is 3.14. The first kappa shape index (κ1) is 16.3. The predicted octanol–water partition coefficient (Wildman–Crippen LogP) is 1.38. The molecule has 8 heteroatoms. The molecule has 1 N–H and O–H groups in total. The lowest BCUT2D eigenvalue weighted by Crippen LogP contribution is -2.41. The number of rotatable bonds is 7. The zero-order valence-electron chi connectivity index (χ0n) is 13.4. The number of carbonyl (C=O) groups excluding carboxylic acids is 1. The zero-order valence-corrected chi connectivity index (χ0v) is 13.4. The van der Waals surface area contributed by atoms with Crippen molar-refractivity contribution in [3.8, 4) is 0 Å². The number of urea groups is 1. The van der Waals surface area contributed by atoms with Gasteiger partial charge in [0, 0.05) is 20.0 Å². The van der Waals surface area contributed by atoms with Gasteiger partial charge in [-0.25, -0.2) is 4.79 Å². The topological polar surface area (TPSA) is 84.6 Å². The molecular weight excluding hydrogens is 284 g/mol. The summed E-state index contributed by atoms with van der Waals surface area (Å²) in [5.41, 5.74) is 1.04. The predicted molar refractivity (Wildman–Crippen MR) is 82.4 cm³/mol. The molecule has 2 amide bonds. The smallest absolute Gasteiger partial charge is 0.317 e. The van der Waals surface area contributed by atoms with Gasteiger partial charge in [0.1, 0.15) is 12.4 Å². The lowest BCUT2D eigenvalue weighted by molar-refractivity contribution is 0.0850. The molecular formula is C14H24N6O2. The molecule has 0 radical (unpaired) electrons. The molecule has 0 spiro atoms. The highest BCUT2D eigenvalue weighted by molar-refractivity contribution is 5.85. The third-order valence-corrected chi connectivity index (χ3v) is 3.57. The van der Waals surface area contributed by atoms with E-state index < -0.39 is 0 Å². The monoisotopic (exact) mass is 308 g/mol. The van der Waals surface area contributed by atoms with Crippen LogP contribution in [0.1, 0.15) is 38.9 Å². The Morgan fingerprint density at radius 2 is 2.36 bits per heavy atom. The molecule has 2 rings (SSSR count). The highest BCUT2D eigenvalue weighted by Gasteiger charge is 2.21. The van der Waals surface area contributed by atoms with Crippen LogP contribution in [0.25, 0.3) is 0 Å². The number of carbonyl (C=O) groups is 1. The molecule has 1 aliphatic heterocycles. The number of amides is 2. The van der Waals surface area contributed by atoms with E-state index >= 15 is 0 Å². The summed E-state index contributed by atoms with van der Waals surface area (Å²) in [7, 11) is 1.74. The minimum Gasteiger partial charge on any atom is -0.390 e. The first-order valence-electron chi connectivity index (χ1n) is 7.71. The van der Waals surface area contributed by atoms with Crippen molar-refractivity contribution in [2.24, 2.45) is 5.16 Å². The summed E-state index contributed by atoms with van der Waals surface area (Å²) >= 11 is 0. The van der Waals surface area contributed by atoms with Crippen LogP contribution in [0.3, 0.4) is 0 Å². The van der Waals surface area contributed by atoms with E-state index in [9.17, 15) is 4.79 Å². The SMILES string of the molecule is CCCn1cnnc1CN(C)C(=O)NC[C@@H]1CC(CC)=NO1. The van der Waals surface area contributed by atoms with Gasteiger partial charge in [0.05, 0.1) is 18.8 Å². The Balaban J connectivity index is 1.76. The number of hydrogen-bond acceptors (Lipinski definition) is 5. The Bertz CT molecular complexity index is 527. The van der Waals surface area contributed by atoms with E-state index in [-0.39, 0.29) is 12.1 Å². The third-order valence-electron chi connectivity index (χ3n) is 3.57. The minimum absolute atomic E-state index is 0.0592. The van der Waals surface area contributed by atoms with Crippen LogP contribution in [0, 0.1) is 0 Å². The van der Waals surface area contributed by atoms with E-state index in [1.165, 1.54) is 0 Å². The Labute approximate surface area is 130 Å². The van der Waals surface area contributed by atoms with Gasteiger partial charge < -0.3 is 19.6 Å². The normalized spacial score (nSPS) is 17.0. The summed E-state index contributed by atoms with van der Waals surface area (Å²) < 4.78 is 1.96. The number of nitrogens with one attached hydrogen (secondary N) is 1. The van der Waals surface area contributed by atoms with Crippen molar-refractivity contribution in [3.05, 3.63) is 12.2 Å². The number of hydrogen-bond donors (Lipinski definition) is 1. The number of aromatic nitrogens is 3. The average molecular weight is 308 g/mol. The molecule has 122 valence electrons. The van der Waals surface area contributed by atoms with E-state index in [2.05, 4.69) is 27.6 Å². The molecule has 0 aliphatic carbocycles. The lowest BCUT2D eigenvalue weighted by Gasteiger charge is -2.19. The second-order valence-electron chi connectivity index (χ2n) is 5.43. The molecule has 1 aliphatic rings. The standard InChI is InChI=1S/C14H24N6O2/c1-4-6-20-10-16-17-13(20)9-19(3)14(21)15-8-12-7-11(5-2)18-22-12/h10,12H,4-9H2,1-3H3,(H,15,21)/t12-/m0/s1. The van der Waals surface area contributed by atoms with E-state index in [1.807, 2.05) is 11.5 Å². The van der Waals surface area contributed by atoms with Crippen LogP contribution in [-0.2, 0) is 17.9 Å². The fourth-order valence-electron chi connectivity index (χ4n) is 2.25. The maximum Gasteiger partial charge on any atom is 0.317 e. The number of oxime groups is 1. The van der Waals surface area contributed by atoms with Crippen molar-refractivity contribution in [3.63, 3.8) is 0 Å². The van der Waals surface area contributed by atoms with Crippen LogP contribution in [0.2, 0.25) is 0 Å². The summed E-state index contributed by atoms with van der Waals surface area (Å²) in [6, 6.07) is -0.153.